The lowest BCUT2D eigenvalue weighted by molar-refractivity contribution is 0.208. The standard InChI is InChI=1S/C19H20N6O/c1-14(26)11-20-19-22-16-9-5-6-10-17(16)24(19)12-18-21-13-25(23-18)15-7-3-2-4-8-15/h2-10,13-14,26H,11-12H2,1H3,(H,20,22). The van der Waals surface area contributed by atoms with Crippen molar-refractivity contribution in [1.29, 1.82) is 0 Å². The van der Waals surface area contributed by atoms with E-state index >= 15 is 0 Å². The van der Waals surface area contributed by atoms with Crippen molar-refractivity contribution in [3.05, 3.63) is 66.7 Å². The molecule has 0 aliphatic heterocycles. The Hall–Kier alpha value is -3.19. The van der Waals surface area contributed by atoms with E-state index in [-0.39, 0.29) is 0 Å². The normalized spacial score (nSPS) is 12.4. The van der Waals surface area contributed by atoms with Gasteiger partial charge in [0.05, 0.1) is 29.4 Å². The van der Waals surface area contributed by atoms with Gasteiger partial charge < -0.3 is 15.0 Å². The molecule has 0 saturated carbocycles. The summed E-state index contributed by atoms with van der Waals surface area (Å²) >= 11 is 0. The number of aliphatic hydroxyl groups excluding tert-OH is 1. The van der Waals surface area contributed by atoms with Crippen LogP contribution in [0.3, 0.4) is 0 Å². The summed E-state index contributed by atoms with van der Waals surface area (Å²) in [5.74, 6) is 1.39. The Morgan fingerprint density at radius 2 is 1.85 bits per heavy atom. The van der Waals surface area contributed by atoms with Gasteiger partial charge in [-0.15, -0.1) is 5.10 Å². The fourth-order valence-electron chi connectivity index (χ4n) is 2.83. The van der Waals surface area contributed by atoms with Crippen LogP contribution in [0.5, 0.6) is 0 Å². The molecule has 0 aliphatic rings. The summed E-state index contributed by atoms with van der Waals surface area (Å²) in [6.45, 7) is 2.65. The lowest BCUT2D eigenvalue weighted by Crippen LogP contribution is -2.18. The van der Waals surface area contributed by atoms with Crippen molar-refractivity contribution in [1.82, 2.24) is 24.3 Å². The highest BCUT2D eigenvalue weighted by molar-refractivity contribution is 5.78. The molecule has 1 atom stereocenters. The largest absolute Gasteiger partial charge is 0.392 e. The summed E-state index contributed by atoms with van der Waals surface area (Å²) in [4.78, 5) is 9.06. The van der Waals surface area contributed by atoms with Gasteiger partial charge in [-0.1, -0.05) is 30.3 Å². The summed E-state index contributed by atoms with van der Waals surface area (Å²) in [7, 11) is 0. The van der Waals surface area contributed by atoms with E-state index in [1.165, 1.54) is 0 Å². The van der Waals surface area contributed by atoms with Crippen LogP contribution in [0.25, 0.3) is 16.7 Å². The topological polar surface area (TPSA) is 80.8 Å². The monoisotopic (exact) mass is 348 g/mol. The first-order valence-corrected chi connectivity index (χ1v) is 8.54. The van der Waals surface area contributed by atoms with Crippen LogP contribution in [0.2, 0.25) is 0 Å². The van der Waals surface area contributed by atoms with Gasteiger partial charge >= 0.3 is 0 Å². The van der Waals surface area contributed by atoms with E-state index in [1.54, 1.807) is 17.9 Å². The van der Waals surface area contributed by atoms with Crippen molar-refractivity contribution in [2.45, 2.75) is 19.6 Å². The minimum Gasteiger partial charge on any atom is -0.392 e. The van der Waals surface area contributed by atoms with Crippen molar-refractivity contribution in [3.8, 4) is 5.69 Å². The Kier molecular flexibility index (Phi) is 4.37. The molecule has 1 unspecified atom stereocenters. The molecule has 26 heavy (non-hydrogen) atoms. The van der Waals surface area contributed by atoms with Crippen molar-refractivity contribution >= 4 is 17.0 Å². The molecule has 132 valence electrons. The maximum Gasteiger partial charge on any atom is 0.204 e. The lowest BCUT2D eigenvalue weighted by atomic mass is 10.3. The van der Waals surface area contributed by atoms with E-state index in [0.717, 1.165) is 16.7 Å². The van der Waals surface area contributed by atoms with Gasteiger partial charge in [-0.25, -0.2) is 14.6 Å². The zero-order chi connectivity index (χ0) is 17.9. The van der Waals surface area contributed by atoms with E-state index in [2.05, 4.69) is 20.4 Å². The van der Waals surface area contributed by atoms with Crippen LogP contribution in [0.4, 0.5) is 5.95 Å². The zero-order valence-corrected chi connectivity index (χ0v) is 14.4. The quantitative estimate of drug-likeness (QED) is 0.559. The Morgan fingerprint density at radius 1 is 1.08 bits per heavy atom. The predicted molar refractivity (Wildman–Crippen MR) is 100 cm³/mol. The lowest BCUT2D eigenvalue weighted by Gasteiger charge is -2.10. The van der Waals surface area contributed by atoms with Crippen LogP contribution >= 0.6 is 0 Å². The van der Waals surface area contributed by atoms with Gasteiger partial charge in [0.1, 0.15) is 6.33 Å². The number of nitrogens with one attached hydrogen (secondary N) is 1. The second kappa shape index (κ2) is 6.97. The number of aliphatic hydroxyl groups is 1. The van der Waals surface area contributed by atoms with Crippen molar-refractivity contribution < 1.29 is 5.11 Å². The van der Waals surface area contributed by atoms with E-state index < -0.39 is 6.10 Å². The zero-order valence-electron chi connectivity index (χ0n) is 14.4. The van der Waals surface area contributed by atoms with Gasteiger partial charge in [0.2, 0.25) is 5.95 Å². The van der Waals surface area contributed by atoms with Gasteiger partial charge in [0.15, 0.2) is 5.82 Å². The smallest absolute Gasteiger partial charge is 0.204 e. The highest BCUT2D eigenvalue weighted by Crippen LogP contribution is 2.20. The number of fused-ring (bicyclic) bond motifs is 1. The van der Waals surface area contributed by atoms with E-state index in [0.29, 0.717) is 24.9 Å². The number of benzene rings is 2. The SMILES string of the molecule is CC(O)CNc1nc2ccccc2n1Cc1ncn(-c2ccccc2)n1. The van der Waals surface area contributed by atoms with Gasteiger partial charge in [0.25, 0.3) is 0 Å². The predicted octanol–water partition coefficient (Wildman–Crippen LogP) is 2.46. The summed E-state index contributed by atoms with van der Waals surface area (Å²) in [5, 5.41) is 17.3. The molecule has 2 N–H and O–H groups in total. The second-order valence-electron chi connectivity index (χ2n) is 6.18. The Morgan fingerprint density at radius 3 is 2.65 bits per heavy atom. The molecule has 0 radical (unpaired) electrons. The Balaban J connectivity index is 1.66. The minimum atomic E-state index is -0.460. The molecule has 0 saturated heterocycles. The molecule has 2 aromatic carbocycles. The van der Waals surface area contributed by atoms with Crippen molar-refractivity contribution in [2.24, 2.45) is 0 Å². The molecule has 4 rings (SSSR count). The first kappa shape index (κ1) is 16.3. The molecule has 0 fully saturated rings. The second-order valence-corrected chi connectivity index (χ2v) is 6.18. The first-order chi connectivity index (χ1) is 12.7. The van der Waals surface area contributed by atoms with Crippen LogP contribution in [0, 0.1) is 0 Å². The van der Waals surface area contributed by atoms with Gasteiger partial charge in [-0.05, 0) is 31.2 Å². The van der Waals surface area contributed by atoms with E-state index in [4.69, 9.17) is 0 Å². The van der Waals surface area contributed by atoms with Crippen LogP contribution in [-0.4, -0.2) is 42.1 Å². The number of anilines is 1. The minimum absolute atomic E-state index is 0.426. The number of hydrogen-bond acceptors (Lipinski definition) is 5. The van der Waals surface area contributed by atoms with Crippen LogP contribution in [0.15, 0.2) is 60.9 Å². The van der Waals surface area contributed by atoms with Gasteiger partial charge in [-0.2, -0.15) is 0 Å². The summed E-state index contributed by atoms with van der Waals surface area (Å²) in [6, 6.07) is 17.8. The van der Waals surface area contributed by atoms with Crippen molar-refractivity contribution in [2.75, 3.05) is 11.9 Å². The maximum atomic E-state index is 9.57. The molecule has 0 spiro atoms. The van der Waals surface area contributed by atoms with Crippen LogP contribution < -0.4 is 5.32 Å². The molecule has 0 amide bonds. The summed E-state index contributed by atoms with van der Waals surface area (Å²) in [5.41, 5.74) is 2.86. The van der Waals surface area contributed by atoms with Crippen molar-refractivity contribution in [3.63, 3.8) is 0 Å². The summed E-state index contributed by atoms with van der Waals surface area (Å²) in [6.07, 6.45) is 1.26. The number of imidazole rings is 1. The van der Waals surface area contributed by atoms with Gasteiger partial charge in [0, 0.05) is 6.54 Å². The molecule has 2 aromatic heterocycles. The number of nitrogens with zero attached hydrogens (tertiary/aromatic N) is 5. The number of aromatic nitrogens is 5. The average molecular weight is 348 g/mol. The molecule has 4 aromatic rings. The molecule has 0 aliphatic carbocycles. The fourth-order valence-corrected chi connectivity index (χ4v) is 2.83. The molecular weight excluding hydrogens is 328 g/mol. The molecule has 7 heteroatoms. The average Bonchev–Trinajstić information content (AvgIpc) is 3.26. The number of rotatable bonds is 6. The van der Waals surface area contributed by atoms with Crippen LogP contribution in [0.1, 0.15) is 12.7 Å². The van der Waals surface area contributed by atoms with E-state index in [9.17, 15) is 5.11 Å². The maximum absolute atomic E-state index is 9.57. The van der Waals surface area contributed by atoms with E-state index in [1.807, 2.05) is 59.2 Å². The highest BCUT2D eigenvalue weighted by Gasteiger charge is 2.13. The number of hydrogen-bond donors (Lipinski definition) is 2. The highest BCUT2D eigenvalue weighted by atomic mass is 16.3. The third-order valence-electron chi connectivity index (χ3n) is 4.07. The van der Waals surface area contributed by atoms with Gasteiger partial charge in [-0.3, -0.25) is 0 Å². The Bertz CT molecular complexity index is 1010. The fraction of sp³-hybridized carbons (Fsp3) is 0.211. The third-order valence-corrected chi connectivity index (χ3v) is 4.07. The molecule has 0 bridgehead atoms. The Labute approximate surface area is 150 Å². The molecule has 7 nitrogen and oxygen atoms in total. The molecular formula is C19H20N6O. The van der Waals surface area contributed by atoms with Crippen LogP contribution in [-0.2, 0) is 6.54 Å². The third kappa shape index (κ3) is 3.29. The number of para-hydroxylation sites is 3. The first-order valence-electron chi connectivity index (χ1n) is 8.54. The molecule has 2 heterocycles. The summed E-state index contributed by atoms with van der Waals surface area (Å²) < 4.78 is 3.79.